The summed E-state index contributed by atoms with van der Waals surface area (Å²) < 4.78 is 10.9. The van der Waals surface area contributed by atoms with Gasteiger partial charge in [-0.1, -0.05) is 12.1 Å². The Kier molecular flexibility index (Phi) is 5.66. The Hall–Kier alpha value is -2.69. The number of carbonyl (C=O) groups is 1. The highest BCUT2D eigenvalue weighted by atomic mass is 16.5. The number of aryl methyl sites for hydroxylation is 1. The van der Waals surface area contributed by atoms with Crippen LogP contribution in [0.3, 0.4) is 0 Å². The fraction of sp³-hybridized carbons (Fsp3) is 0.381. The summed E-state index contributed by atoms with van der Waals surface area (Å²) in [7, 11) is 1.59. The molecule has 138 valence electrons. The highest BCUT2D eigenvalue weighted by Crippen LogP contribution is 2.29. The van der Waals surface area contributed by atoms with Gasteiger partial charge in [0.15, 0.2) is 11.5 Å². The van der Waals surface area contributed by atoms with Crippen molar-refractivity contribution in [2.45, 2.75) is 13.8 Å². The van der Waals surface area contributed by atoms with E-state index in [0.717, 1.165) is 13.1 Å². The Bertz CT molecular complexity index is 768. The molecule has 0 atom stereocenters. The Morgan fingerprint density at radius 2 is 1.81 bits per heavy atom. The molecule has 1 aliphatic rings. The molecular formula is C21H26N2O3. The van der Waals surface area contributed by atoms with Gasteiger partial charge in [0, 0.05) is 37.4 Å². The van der Waals surface area contributed by atoms with Gasteiger partial charge in [-0.2, -0.15) is 0 Å². The second kappa shape index (κ2) is 8.13. The lowest BCUT2D eigenvalue weighted by Gasteiger charge is -2.36. The van der Waals surface area contributed by atoms with E-state index in [0.29, 0.717) is 36.8 Å². The second-order valence-electron chi connectivity index (χ2n) is 6.42. The molecule has 0 bridgehead atoms. The number of hydrogen-bond acceptors (Lipinski definition) is 4. The molecule has 5 heteroatoms. The highest BCUT2D eigenvalue weighted by molar-refractivity contribution is 5.95. The number of nitrogens with zero attached hydrogens (tertiary/aromatic N) is 2. The van der Waals surface area contributed by atoms with Crippen molar-refractivity contribution in [1.29, 1.82) is 0 Å². The van der Waals surface area contributed by atoms with Crippen molar-refractivity contribution >= 4 is 11.6 Å². The fourth-order valence-corrected chi connectivity index (χ4v) is 3.25. The minimum atomic E-state index is 0.0373. The van der Waals surface area contributed by atoms with Gasteiger partial charge in [-0.05, 0) is 49.7 Å². The van der Waals surface area contributed by atoms with Crippen molar-refractivity contribution in [3.8, 4) is 11.5 Å². The van der Waals surface area contributed by atoms with E-state index >= 15 is 0 Å². The highest BCUT2D eigenvalue weighted by Gasteiger charge is 2.23. The van der Waals surface area contributed by atoms with Crippen LogP contribution in [-0.4, -0.2) is 50.7 Å². The third-order valence-corrected chi connectivity index (χ3v) is 4.64. The van der Waals surface area contributed by atoms with Crippen molar-refractivity contribution in [2.75, 3.05) is 44.8 Å². The molecular weight excluding hydrogens is 328 g/mol. The van der Waals surface area contributed by atoms with Gasteiger partial charge < -0.3 is 19.3 Å². The summed E-state index contributed by atoms with van der Waals surface area (Å²) in [6, 6.07) is 13.9. The first-order chi connectivity index (χ1) is 12.6. The largest absolute Gasteiger partial charge is 0.493 e. The van der Waals surface area contributed by atoms with E-state index in [9.17, 15) is 4.79 Å². The van der Waals surface area contributed by atoms with E-state index in [1.54, 1.807) is 19.2 Å². The predicted molar refractivity (Wildman–Crippen MR) is 103 cm³/mol. The van der Waals surface area contributed by atoms with E-state index in [-0.39, 0.29) is 5.91 Å². The van der Waals surface area contributed by atoms with Crippen LogP contribution < -0.4 is 14.4 Å². The SMILES string of the molecule is CCOc1ccc(C(=O)N2CCN(c3cccc(C)c3)CC2)cc1OC. The summed E-state index contributed by atoms with van der Waals surface area (Å²) in [6.07, 6.45) is 0. The maximum atomic E-state index is 12.8. The molecule has 0 aliphatic carbocycles. The fourth-order valence-electron chi connectivity index (χ4n) is 3.25. The average Bonchev–Trinajstić information content (AvgIpc) is 2.68. The van der Waals surface area contributed by atoms with Crippen LogP contribution in [0.2, 0.25) is 0 Å². The lowest BCUT2D eigenvalue weighted by molar-refractivity contribution is 0.0746. The zero-order valence-corrected chi connectivity index (χ0v) is 15.7. The zero-order valence-electron chi connectivity index (χ0n) is 15.7. The van der Waals surface area contributed by atoms with Crippen LogP contribution >= 0.6 is 0 Å². The molecule has 1 heterocycles. The molecule has 1 amide bonds. The number of anilines is 1. The topological polar surface area (TPSA) is 42.0 Å². The molecule has 0 saturated carbocycles. The standard InChI is InChI=1S/C21H26N2O3/c1-4-26-19-9-8-17(15-20(19)25-3)21(24)23-12-10-22(11-13-23)18-7-5-6-16(2)14-18/h5-9,14-15H,4,10-13H2,1-3H3. The van der Waals surface area contributed by atoms with E-state index in [4.69, 9.17) is 9.47 Å². The number of amides is 1. The quantitative estimate of drug-likeness (QED) is 0.826. The molecule has 0 spiro atoms. The molecule has 0 unspecified atom stereocenters. The number of hydrogen-bond donors (Lipinski definition) is 0. The summed E-state index contributed by atoms with van der Waals surface area (Å²) in [6.45, 7) is 7.68. The molecule has 1 fully saturated rings. The normalized spacial score (nSPS) is 14.3. The van der Waals surface area contributed by atoms with Gasteiger partial charge in [0.2, 0.25) is 0 Å². The van der Waals surface area contributed by atoms with Gasteiger partial charge in [0.1, 0.15) is 0 Å². The Morgan fingerprint density at radius 3 is 2.46 bits per heavy atom. The van der Waals surface area contributed by atoms with Gasteiger partial charge in [-0.15, -0.1) is 0 Å². The van der Waals surface area contributed by atoms with E-state index in [1.165, 1.54) is 11.3 Å². The molecule has 0 N–H and O–H groups in total. The van der Waals surface area contributed by atoms with Crippen molar-refractivity contribution in [3.63, 3.8) is 0 Å². The molecule has 0 aromatic heterocycles. The molecule has 2 aromatic carbocycles. The Balaban J connectivity index is 1.66. The number of ether oxygens (including phenoxy) is 2. The number of benzene rings is 2. The summed E-state index contributed by atoms with van der Waals surface area (Å²) in [5.41, 5.74) is 3.11. The van der Waals surface area contributed by atoms with Crippen LogP contribution in [0.1, 0.15) is 22.8 Å². The number of methoxy groups -OCH3 is 1. The Labute approximate surface area is 155 Å². The van der Waals surface area contributed by atoms with Crippen LogP contribution in [0.5, 0.6) is 11.5 Å². The molecule has 26 heavy (non-hydrogen) atoms. The van der Waals surface area contributed by atoms with Crippen LogP contribution in [0.15, 0.2) is 42.5 Å². The van der Waals surface area contributed by atoms with Gasteiger partial charge in [0.25, 0.3) is 5.91 Å². The lowest BCUT2D eigenvalue weighted by atomic mass is 10.1. The lowest BCUT2D eigenvalue weighted by Crippen LogP contribution is -2.48. The van der Waals surface area contributed by atoms with Crippen molar-refractivity contribution < 1.29 is 14.3 Å². The summed E-state index contributed by atoms with van der Waals surface area (Å²) in [5, 5.41) is 0. The second-order valence-corrected chi connectivity index (χ2v) is 6.42. The minimum absolute atomic E-state index is 0.0373. The molecule has 3 rings (SSSR count). The van der Waals surface area contributed by atoms with Crippen LogP contribution in [0.25, 0.3) is 0 Å². The number of piperazine rings is 1. The predicted octanol–water partition coefficient (Wildman–Crippen LogP) is 3.36. The molecule has 0 radical (unpaired) electrons. The van der Waals surface area contributed by atoms with Gasteiger partial charge >= 0.3 is 0 Å². The van der Waals surface area contributed by atoms with Crippen molar-refractivity contribution in [3.05, 3.63) is 53.6 Å². The van der Waals surface area contributed by atoms with Gasteiger partial charge in [-0.25, -0.2) is 0 Å². The smallest absolute Gasteiger partial charge is 0.254 e. The maximum absolute atomic E-state index is 12.8. The van der Waals surface area contributed by atoms with E-state index in [1.807, 2.05) is 17.9 Å². The van der Waals surface area contributed by atoms with Gasteiger partial charge in [0.05, 0.1) is 13.7 Å². The van der Waals surface area contributed by atoms with Crippen molar-refractivity contribution in [2.24, 2.45) is 0 Å². The van der Waals surface area contributed by atoms with Crippen LogP contribution in [-0.2, 0) is 0 Å². The van der Waals surface area contributed by atoms with Gasteiger partial charge in [-0.3, -0.25) is 4.79 Å². The summed E-state index contributed by atoms with van der Waals surface area (Å²) >= 11 is 0. The van der Waals surface area contributed by atoms with E-state index < -0.39 is 0 Å². The first kappa shape index (κ1) is 18.1. The first-order valence-corrected chi connectivity index (χ1v) is 9.04. The van der Waals surface area contributed by atoms with Crippen LogP contribution in [0.4, 0.5) is 5.69 Å². The monoisotopic (exact) mass is 354 g/mol. The molecule has 2 aromatic rings. The van der Waals surface area contributed by atoms with E-state index in [2.05, 4.69) is 36.1 Å². The summed E-state index contributed by atoms with van der Waals surface area (Å²) in [5.74, 6) is 1.29. The Morgan fingerprint density at radius 1 is 1.04 bits per heavy atom. The average molecular weight is 354 g/mol. The molecule has 1 saturated heterocycles. The minimum Gasteiger partial charge on any atom is -0.493 e. The third kappa shape index (κ3) is 3.93. The van der Waals surface area contributed by atoms with Crippen molar-refractivity contribution in [1.82, 2.24) is 4.90 Å². The third-order valence-electron chi connectivity index (χ3n) is 4.64. The molecule has 5 nitrogen and oxygen atoms in total. The first-order valence-electron chi connectivity index (χ1n) is 9.04. The van der Waals surface area contributed by atoms with Crippen LogP contribution in [0, 0.1) is 6.92 Å². The summed E-state index contributed by atoms with van der Waals surface area (Å²) in [4.78, 5) is 17.1. The zero-order chi connectivity index (χ0) is 18.5. The molecule has 1 aliphatic heterocycles. The number of rotatable bonds is 5. The number of carbonyl (C=O) groups excluding carboxylic acids is 1. The maximum Gasteiger partial charge on any atom is 0.254 e.